The van der Waals surface area contributed by atoms with Crippen molar-refractivity contribution < 1.29 is 9.59 Å². The van der Waals surface area contributed by atoms with E-state index >= 15 is 0 Å². The van der Waals surface area contributed by atoms with Crippen LogP contribution in [0.2, 0.25) is 0 Å². The van der Waals surface area contributed by atoms with Gasteiger partial charge in [-0.1, -0.05) is 0 Å². The summed E-state index contributed by atoms with van der Waals surface area (Å²) in [5.74, 6) is -0.330. The first-order valence-electron chi connectivity index (χ1n) is 8.35. The molecule has 130 valence electrons. The van der Waals surface area contributed by atoms with Gasteiger partial charge in [0.05, 0.1) is 0 Å². The maximum absolute atomic E-state index is 12.6. The van der Waals surface area contributed by atoms with Gasteiger partial charge in [0.1, 0.15) is 0 Å². The lowest BCUT2D eigenvalue weighted by molar-refractivity contribution is 0.0635. The molecule has 7 heteroatoms. The highest BCUT2D eigenvalue weighted by Crippen LogP contribution is 2.20. The van der Waals surface area contributed by atoms with E-state index < -0.39 is 5.91 Å². The molecule has 3 rings (SSSR count). The van der Waals surface area contributed by atoms with Crippen LogP contribution in [0.1, 0.15) is 47.0 Å². The number of hydrogen-bond donors (Lipinski definition) is 2. The van der Waals surface area contributed by atoms with Crippen LogP contribution in [0.15, 0.2) is 36.7 Å². The van der Waals surface area contributed by atoms with Crippen LogP contribution in [0, 0.1) is 0 Å². The molecule has 1 fully saturated rings. The van der Waals surface area contributed by atoms with E-state index in [0.29, 0.717) is 11.3 Å². The predicted molar refractivity (Wildman–Crippen MR) is 95.2 cm³/mol. The second kappa shape index (κ2) is 7.29. The van der Waals surface area contributed by atoms with E-state index in [0.717, 1.165) is 19.4 Å². The summed E-state index contributed by atoms with van der Waals surface area (Å²) in [5, 5.41) is 2.71. The number of nitrogens with two attached hydrogens (primary N) is 1. The fraction of sp³-hybridized carbons (Fsp3) is 0.333. The number of benzene rings is 1. The molecule has 1 aromatic heterocycles. The quantitative estimate of drug-likeness (QED) is 0.893. The van der Waals surface area contributed by atoms with Crippen molar-refractivity contribution in [3.05, 3.63) is 47.9 Å². The summed E-state index contributed by atoms with van der Waals surface area (Å²) >= 11 is 0. The summed E-state index contributed by atoms with van der Waals surface area (Å²) in [7, 11) is 0. The molecule has 1 saturated heterocycles. The van der Waals surface area contributed by atoms with Gasteiger partial charge in [0.25, 0.3) is 11.8 Å². The van der Waals surface area contributed by atoms with Crippen molar-refractivity contribution in [1.82, 2.24) is 14.9 Å². The third-order valence-corrected chi connectivity index (χ3v) is 4.40. The Morgan fingerprint density at radius 3 is 2.56 bits per heavy atom. The van der Waals surface area contributed by atoms with Crippen LogP contribution >= 0.6 is 0 Å². The third-order valence-electron chi connectivity index (χ3n) is 4.40. The molecule has 0 spiro atoms. The Labute approximate surface area is 146 Å². The minimum atomic E-state index is -0.436. The standard InChI is InChI=1S/C18H21N5O2/c1-12-4-2-3-11-23(12)18(25)13-5-7-14(8-6-13)22-17(24)15-16(19)21-10-9-20-15/h5-10,12H,2-4,11H2,1H3,(H2,19,21)(H,22,24). The van der Waals surface area contributed by atoms with Crippen molar-refractivity contribution in [2.75, 3.05) is 17.6 Å². The number of nitrogen functional groups attached to an aromatic ring is 1. The molecule has 7 nitrogen and oxygen atoms in total. The zero-order valence-electron chi connectivity index (χ0n) is 14.1. The number of aromatic nitrogens is 2. The minimum Gasteiger partial charge on any atom is -0.382 e. The van der Waals surface area contributed by atoms with Crippen molar-refractivity contribution in [2.45, 2.75) is 32.2 Å². The smallest absolute Gasteiger partial charge is 0.278 e. The highest BCUT2D eigenvalue weighted by atomic mass is 16.2. The highest BCUT2D eigenvalue weighted by Gasteiger charge is 2.24. The number of nitrogens with one attached hydrogen (secondary N) is 1. The average molecular weight is 339 g/mol. The van der Waals surface area contributed by atoms with E-state index in [2.05, 4.69) is 22.2 Å². The summed E-state index contributed by atoms with van der Waals surface area (Å²) in [5.41, 5.74) is 6.91. The van der Waals surface area contributed by atoms with Crippen LogP contribution in [0.5, 0.6) is 0 Å². The van der Waals surface area contributed by atoms with Gasteiger partial charge in [-0.05, 0) is 50.5 Å². The summed E-state index contributed by atoms with van der Waals surface area (Å²) in [6.45, 7) is 2.88. The van der Waals surface area contributed by atoms with Crippen LogP contribution in [0.4, 0.5) is 11.5 Å². The molecule has 3 N–H and O–H groups in total. The van der Waals surface area contributed by atoms with Crippen LogP contribution in [0.3, 0.4) is 0 Å². The van der Waals surface area contributed by atoms with Crippen molar-refractivity contribution >= 4 is 23.3 Å². The number of amides is 2. The van der Waals surface area contributed by atoms with E-state index in [4.69, 9.17) is 5.73 Å². The Balaban J connectivity index is 1.69. The Hall–Kier alpha value is -2.96. The van der Waals surface area contributed by atoms with Gasteiger partial charge < -0.3 is 16.0 Å². The molecule has 0 radical (unpaired) electrons. The number of nitrogens with zero attached hydrogens (tertiary/aromatic N) is 3. The Morgan fingerprint density at radius 1 is 1.16 bits per heavy atom. The molecule has 2 aromatic rings. The first kappa shape index (κ1) is 16.9. The van der Waals surface area contributed by atoms with Crippen LogP contribution in [-0.4, -0.2) is 39.3 Å². The second-order valence-electron chi connectivity index (χ2n) is 6.17. The van der Waals surface area contributed by atoms with Gasteiger partial charge in [-0.25, -0.2) is 9.97 Å². The van der Waals surface area contributed by atoms with Gasteiger partial charge in [0, 0.05) is 36.2 Å². The molecular weight excluding hydrogens is 318 g/mol. The summed E-state index contributed by atoms with van der Waals surface area (Å²) < 4.78 is 0. The van der Waals surface area contributed by atoms with E-state index in [1.165, 1.54) is 18.8 Å². The van der Waals surface area contributed by atoms with Crippen LogP contribution < -0.4 is 11.1 Å². The molecule has 1 aliphatic heterocycles. The zero-order chi connectivity index (χ0) is 17.8. The van der Waals surface area contributed by atoms with Gasteiger partial charge >= 0.3 is 0 Å². The molecule has 1 unspecified atom stereocenters. The van der Waals surface area contributed by atoms with Gasteiger partial charge in [0.2, 0.25) is 0 Å². The molecule has 1 atom stereocenters. The number of likely N-dealkylation sites (tertiary alicyclic amines) is 1. The first-order chi connectivity index (χ1) is 12.1. The number of carbonyl (C=O) groups is 2. The van der Waals surface area contributed by atoms with E-state index in [1.54, 1.807) is 24.3 Å². The Bertz CT molecular complexity index is 775. The fourth-order valence-corrected chi connectivity index (χ4v) is 2.98. The monoisotopic (exact) mass is 339 g/mol. The SMILES string of the molecule is CC1CCCCN1C(=O)c1ccc(NC(=O)c2nccnc2N)cc1. The Kier molecular flexibility index (Phi) is 4.92. The van der Waals surface area contributed by atoms with Crippen LogP contribution in [-0.2, 0) is 0 Å². The zero-order valence-corrected chi connectivity index (χ0v) is 14.1. The number of carbonyl (C=O) groups excluding carboxylic acids is 2. The molecule has 0 bridgehead atoms. The Morgan fingerprint density at radius 2 is 1.88 bits per heavy atom. The van der Waals surface area contributed by atoms with E-state index in [9.17, 15) is 9.59 Å². The molecule has 2 heterocycles. The third kappa shape index (κ3) is 3.76. The summed E-state index contributed by atoms with van der Waals surface area (Å²) in [6, 6.07) is 7.11. The second-order valence-corrected chi connectivity index (χ2v) is 6.17. The summed E-state index contributed by atoms with van der Waals surface area (Å²) in [4.78, 5) is 34.5. The van der Waals surface area contributed by atoms with E-state index in [1.807, 2.05) is 4.90 Å². The van der Waals surface area contributed by atoms with Gasteiger partial charge in [-0.15, -0.1) is 0 Å². The largest absolute Gasteiger partial charge is 0.382 e. The van der Waals surface area contributed by atoms with Crippen molar-refractivity contribution in [3.63, 3.8) is 0 Å². The van der Waals surface area contributed by atoms with Crippen molar-refractivity contribution in [3.8, 4) is 0 Å². The molecule has 1 aromatic carbocycles. The first-order valence-corrected chi connectivity index (χ1v) is 8.35. The highest BCUT2D eigenvalue weighted by molar-refractivity contribution is 6.05. The number of rotatable bonds is 3. The van der Waals surface area contributed by atoms with Crippen LogP contribution in [0.25, 0.3) is 0 Å². The van der Waals surface area contributed by atoms with E-state index in [-0.39, 0.29) is 23.5 Å². The van der Waals surface area contributed by atoms with Gasteiger partial charge in [-0.2, -0.15) is 0 Å². The lowest BCUT2D eigenvalue weighted by Gasteiger charge is -2.33. The molecule has 1 aliphatic rings. The number of hydrogen-bond acceptors (Lipinski definition) is 5. The number of piperidine rings is 1. The van der Waals surface area contributed by atoms with Gasteiger partial charge in [-0.3, -0.25) is 9.59 Å². The minimum absolute atomic E-state index is 0.0308. The molecule has 0 saturated carbocycles. The molecule has 0 aliphatic carbocycles. The molecule has 25 heavy (non-hydrogen) atoms. The van der Waals surface area contributed by atoms with Crippen molar-refractivity contribution in [1.29, 1.82) is 0 Å². The van der Waals surface area contributed by atoms with Gasteiger partial charge in [0.15, 0.2) is 11.5 Å². The normalized spacial score (nSPS) is 17.2. The lowest BCUT2D eigenvalue weighted by Crippen LogP contribution is -2.42. The summed E-state index contributed by atoms with van der Waals surface area (Å²) in [6.07, 6.45) is 6.09. The topological polar surface area (TPSA) is 101 Å². The number of anilines is 2. The average Bonchev–Trinajstić information content (AvgIpc) is 2.62. The lowest BCUT2D eigenvalue weighted by atomic mass is 10.0. The predicted octanol–water partition coefficient (Wildman–Crippen LogP) is 2.33. The van der Waals surface area contributed by atoms with Crippen molar-refractivity contribution in [2.24, 2.45) is 0 Å². The fourth-order valence-electron chi connectivity index (χ4n) is 2.98. The maximum atomic E-state index is 12.6. The maximum Gasteiger partial charge on any atom is 0.278 e. The molecule has 2 amide bonds. The molecular formula is C18H21N5O2.